The molecule has 0 bridgehead atoms. The Morgan fingerprint density at radius 3 is 2.73 bits per heavy atom. The monoisotopic (exact) mass is 230 g/mol. The molecule has 1 aromatic heterocycles. The summed E-state index contributed by atoms with van der Waals surface area (Å²) in [5, 5.41) is 0. The molecule has 1 heterocycles. The number of carbonyl (C=O) groups is 1. The molecular formula is C8H10N2O4S. The van der Waals surface area contributed by atoms with Gasteiger partial charge in [0.2, 0.25) is 0 Å². The molecule has 0 atom stereocenters. The first-order chi connectivity index (χ1) is 6.90. The number of pyridine rings is 1. The fourth-order valence-electron chi connectivity index (χ4n) is 1.09. The molecule has 0 aromatic carbocycles. The van der Waals surface area contributed by atoms with Crippen molar-refractivity contribution in [2.24, 2.45) is 5.73 Å². The van der Waals surface area contributed by atoms with Gasteiger partial charge in [0.15, 0.2) is 0 Å². The van der Waals surface area contributed by atoms with Crippen molar-refractivity contribution in [1.82, 2.24) is 4.98 Å². The van der Waals surface area contributed by atoms with Crippen LogP contribution in [0.3, 0.4) is 0 Å². The summed E-state index contributed by atoms with van der Waals surface area (Å²) in [7, 11) is -4.06. The Kier molecular flexibility index (Phi) is 3.38. The average molecular weight is 230 g/mol. The first-order valence-corrected chi connectivity index (χ1v) is 5.70. The minimum atomic E-state index is -4.06. The molecule has 0 aliphatic heterocycles. The van der Waals surface area contributed by atoms with Gasteiger partial charge < -0.3 is 5.73 Å². The first-order valence-electron chi connectivity index (χ1n) is 4.09. The van der Waals surface area contributed by atoms with Crippen LogP contribution in [0.1, 0.15) is 16.1 Å². The minimum Gasteiger partial charge on any atom is -0.366 e. The zero-order chi connectivity index (χ0) is 11.5. The standard InChI is InChI=1S/C8H10N2O4S/c9-8(11)6-2-1-4-10-7(6)3-5-15(12,13)14/h1-2,4H,3,5H2,(H2,9,11)(H,12,13,14). The number of carbonyl (C=O) groups excluding carboxylic acids is 1. The SMILES string of the molecule is NC(=O)c1cccnc1CCS(=O)(=O)O. The molecule has 0 saturated carbocycles. The summed E-state index contributed by atoms with van der Waals surface area (Å²) in [6.07, 6.45) is 1.38. The van der Waals surface area contributed by atoms with Gasteiger partial charge in [0.05, 0.1) is 17.0 Å². The van der Waals surface area contributed by atoms with Crippen molar-refractivity contribution >= 4 is 16.0 Å². The predicted molar refractivity (Wildman–Crippen MR) is 52.9 cm³/mol. The highest BCUT2D eigenvalue weighted by molar-refractivity contribution is 7.85. The van der Waals surface area contributed by atoms with Crippen LogP contribution in [0.4, 0.5) is 0 Å². The van der Waals surface area contributed by atoms with Gasteiger partial charge in [0, 0.05) is 12.6 Å². The van der Waals surface area contributed by atoms with Crippen molar-refractivity contribution in [1.29, 1.82) is 0 Å². The molecule has 0 fully saturated rings. The lowest BCUT2D eigenvalue weighted by atomic mass is 10.1. The summed E-state index contributed by atoms with van der Waals surface area (Å²) in [6.45, 7) is 0. The molecular weight excluding hydrogens is 220 g/mol. The lowest BCUT2D eigenvalue weighted by molar-refractivity contribution is 0.0999. The third-order valence-corrected chi connectivity index (χ3v) is 2.47. The van der Waals surface area contributed by atoms with Crippen LogP contribution >= 0.6 is 0 Å². The number of nitrogens with zero attached hydrogens (tertiary/aromatic N) is 1. The normalized spacial score (nSPS) is 11.3. The maximum absolute atomic E-state index is 10.9. The average Bonchev–Trinajstić information content (AvgIpc) is 2.14. The molecule has 1 amide bonds. The maximum Gasteiger partial charge on any atom is 0.265 e. The van der Waals surface area contributed by atoms with Gasteiger partial charge in [-0.3, -0.25) is 14.3 Å². The fourth-order valence-corrected chi connectivity index (χ4v) is 1.54. The number of primary amides is 1. The summed E-state index contributed by atoms with van der Waals surface area (Å²) in [6, 6.07) is 2.98. The molecule has 0 unspecified atom stereocenters. The van der Waals surface area contributed by atoms with E-state index in [1.165, 1.54) is 18.3 Å². The Bertz CT molecular complexity index is 469. The molecule has 15 heavy (non-hydrogen) atoms. The van der Waals surface area contributed by atoms with E-state index in [2.05, 4.69) is 4.98 Å². The summed E-state index contributed by atoms with van der Waals surface area (Å²) in [5.74, 6) is -1.15. The Labute approximate surface area is 86.9 Å². The first kappa shape index (κ1) is 11.6. The molecule has 3 N–H and O–H groups in total. The maximum atomic E-state index is 10.9. The molecule has 7 heteroatoms. The van der Waals surface area contributed by atoms with Crippen molar-refractivity contribution in [3.8, 4) is 0 Å². The second-order valence-corrected chi connectivity index (χ2v) is 4.47. The second-order valence-electron chi connectivity index (χ2n) is 2.90. The Morgan fingerprint density at radius 2 is 2.20 bits per heavy atom. The summed E-state index contributed by atoms with van der Waals surface area (Å²) >= 11 is 0. The third-order valence-electron chi connectivity index (χ3n) is 1.75. The van der Waals surface area contributed by atoms with Crippen molar-refractivity contribution in [3.63, 3.8) is 0 Å². The van der Waals surface area contributed by atoms with Gasteiger partial charge in [0.1, 0.15) is 0 Å². The van der Waals surface area contributed by atoms with E-state index in [1.54, 1.807) is 0 Å². The lowest BCUT2D eigenvalue weighted by Gasteiger charge is -2.03. The molecule has 6 nitrogen and oxygen atoms in total. The van der Waals surface area contributed by atoms with Crippen LogP contribution in [-0.4, -0.2) is 29.6 Å². The molecule has 0 aliphatic rings. The van der Waals surface area contributed by atoms with E-state index in [4.69, 9.17) is 10.3 Å². The zero-order valence-electron chi connectivity index (χ0n) is 7.75. The zero-order valence-corrected chi connectivity index (χ0v) is 8.57. The highest BCUT2D eigenvalue weighted by Gasteiger charge is 2.12. The van der Waals surface area contributed by atoms with Crippen LogP contribution in [0.5, 0.6) is 0 Å². The molecule has 1 aromatic rings. The number of rotatable bonds is 4. The summed E-state index contributed by atoms with van der Waals surface area (Å²) in [4.78, 5) is 14.7. The van der Waals surface area contributed by atoms with Gasteiger partial charge in [-0.05, 0) is 12.1 Å². The predicted octanol–water partition coefficient (Wildman–Crippen LogP) is -0.389. The van der Waals surface area contributed by atoms with Gasteiger partial charge in [-0.1, -0.05) is 0 Å². The van der Waals surface area contributed by atoms with E-state index in [1.807, 2.05) is 0 Å². The van der Waals surface area contributed by atoms with E-state index >= 15 is 0 Å². The Hall–Kier alpha value is -1.47. The number of hydrogen-bond acceptors (Lipinski definition) is 4. The van der Waals surface area contributed by atoms with Crippen LogP contribution < -0.4 is 5.73 Å². The summed E-state index contributed by atoms with van der Waals surface area (Å²) in [5.41, 5.74) is 5.50. The Morgan fingerprint density at radius 1 is 1.53 bits per heavy atom. The molecule has 0 radical (unpaired) electrons. The third kappa shape index (κ3) is 3.64. The van der Waals surface area contributed by atoms with Crippen LogP contribution in [0.2, 0.25) is 0 Å². The van der Waals surface area contributed by atoms with E-state index in [-0.39, 0.29) is 17.7 Å². The van der Waals surface area contributed by atoms with Crippen LogP contribution in [-0.2, 0) is 16.5 Å². The number of aryl methyl sites for hydroxylation is 1. The lowest BCUT2D eigenvalue weighted by Crippen LogP contribution is -2.17. The molecule has 1 rings (SSSR count). The van der Waals surface area contributed by atoms with Gasteiger partial charge in [-0.25, -0.2) is 0 Å². The van der Waals surface area contributed by atoms with Crippen molar-refractivity contribution < 1.29 is 17.8 Å². The largest absolute Gasteiger partial charge is 0.366 e. The summed E-state index contributed by atoms with van der Waals surface area (Å²) < 4.78 is 29.5. The van der Waals surface area contributed by atoms with Crippen molar-refractivity contribution in [2.45, 2.75) is 6.42 Å². The minimum absolute atomic E-state index is 0.0437. The number of hydrogen-bond donors (Lipinski definition) is 2. The smallest absolute Gasteiger partial charge is 0.265 e. The van der Waals surface area contributed by atoms with Gasteiger partial charge in [-0.2, -0.15) is 8.42 Å². The fraction of sp³-hybridized carbons (Fsp3) is 0.250. The molecule has 0 spiro atoms. The molecule has 0 saturated heterocycles. The Balaban J connectivity index is 2.90. The van der Waals surface area contributed by atoms with Crippen LogP contribution in [0.15, 0.2) is 18.3 Å². The van der Waals surface area contributed by atoms with E-state index < -0.39 is 21.8 Å². The number of nitrogens with two attached hydrogens (primary N) is 1. The van der Waals surface area contributed by atoms with E-state index in [0.29, 0.717) is 0 Å². The van der Waals surface area contributed by atoms with E-state index in [9.17, 15) is 13.2 Å². The van der Waals surface area contributed by atoms with Gasteiger partial charge in [0.25, 0.3) is 16.0 Å². The number of amides is 1. The molecule has 0 aliphatic carbocycles. The number of aromatic nitrogens is 1. The van der Waals surface area contributed by atoms with Crippen molar-refractivity contribution in [3.05, 3.63) is 29.6 Å². The highest BCUT2D eigenvalue weighted by atomic mass is 32.2. The highest BCUT2D eigenvalue weighted by Crippen LogP contribution is 2.06. The van der Waals surface area contributed by atoms with Gasteiger partial charge >= 0.3 is 0 Å². The van der Waals surface area contributed by atoms with Crippen LogP contribution in [0, 0.1) is 0 Å². The topological polar surface area (TPSA) is 110 Å². The molecule has 82 valence electrons. The van der Waals surface area contributed by atoms with Gasteiger partial charge in [-0.15, -0.1) is 0 Å². The van der Waals surface area contributed by atoms with E-state index in [0.717, 1.165) is 0 Å². The van der Waals surface area contributed by atoms with Crippen LogP contribution in [0.25, 0.3) is 0 Å². The second kappa shape index (κ2) is 4.37. The van der Waals surface area contributed by atoms with Crippen molar-refractivity contribution in [2.75, 3.05) is 5.75 Å². The quantitative estimate of drug-likeness (QED) is 0.684.